The van der Waals surface area contributed by atoms with Crippen LogP contribution < -0.4 is 5.32 Å². The van der Waals surface area contributed by atoms with Gasteiger partial charge in [-0.05, 0) is 32.1 Å². The smallest absolute Gasteiger partial charge is 0.223 e. The van der Waals surface area contributed by atoms with E-state index in [1.807, 2.05) is 6.92 Å². The fraction of sp³-hybridized carbons (Fsp3) is 0.917. The Morgan fingerprint density at radius 3 is 2.33 bits per heavy atom. The van der Waals surface area contributed by atoms with Crippen LogP contribution in [0, 0.1) is 5.92 Å². The highest BCUT2D eigenvalue weighted by molar-refractivity contribution is 7.89. The van der Waals surface area contributed by atoms with E-state index in [2.05, 4.69) is 5.32 Å². The van der Waals surface area contributed by atoms with E-state index in [-0.39, 0.29) is 17.6 Å². The molecule has 0 aromatic rings. The predicted molar refractivity (Wildman–Crippen MR) is 69.5 cm³/mol. The van der Waals surface area contributed by atoms with Gasteiger partial charge in [-0.3, -0.25) is 4.79 Å². The zero-order valence-corrected chi connectivity index (χ0v) is 11.7. The SMILES string of the molecule is CCCS(=O)(=O)N1CCC(C(=O)NC2CC2)CC1. The van der Waals surface area contributed by atoms with Gasteiger partial charge in [0.05, 0.1) is 5.75 Å². The summed E-state index contributed by atoms with van der Waals surface area (Å²) in [5.41, 5.74) is 0. The van der Waals surface area contributed by atoms with E-state index in [4.69, 9.17) is 0 Å². The molecule has 2 fully saturated rings. The quantitative estimate of drug-likeness (QED) is 0.803. The molecule has 1 aliphatic heterocycles. The summed E-state index contributed by atoms with van der Waals surface area (Å²) in [6.45, 7) is 2.85. The summed E-state index contributed by atoms with van der Waals surface area (Å²) in [4.78, 5) is 11.9. The van der Waals surface area contributed by atoms with Gasteiger partial charge < -0.3 is 5.32 Å². The van der Waals surface area contributed by atoms with E-state index in [0.29, 0.717) is 38.4 Å². The third kappa shape index (κ3) is 3.45. The van der Waals surface area contributed by atoms with Gasteiger partial charge in [-0.2, -0.15) is 0 Å². The Hall–Kier alpha value is -0.620. The second kappa shape index (κ2) is 5.57. The molecular formula is C12H22N2O3S. The first kappa shape index (κ1) is 13.8. The summed E-state index contributed by atoms with van der Waals surface area (Å²) in [6, 6.07) is 0.388. The summed E-state index contributed by atoms with van der Waals surface area (Å²) in [5, 5.41) is 3.00. The number of sulfonamides is 1. The molecular weight excluding hydrogens is 252 g/mol. The number of rotatable bonds is 5. The minimum atomic E-state index is -3.09. The fourth-order valence-electron chi connectivity index (χ4n) is 2.33. The molecule has 0 atom stereocenters. The molecule has 0 aromatic heterocycles. The predicted octanol–water partition coefficient (Wildman–Crippen LogP) is 0.717. The number of piperidine rings is 1. The van der Waals surface area contributed by atoms with Crippen LogP contribution in [0.1, 0.15) is 39.0 Å². The minimum Gasteiger partial charge on any atom is -0.353 e. The van der Waals surface area contributed by atoms with Gasteiger partial charge in [0.15, 0.2) is 0 Å². The Bertz CT molecular complexity index is 396. The summed E-state index contributed by atoms with van der Waals surface area (Å²) in [5.74, 6) is 0.329. The van der Waals surface area contributed by atoms with Crippen LogP contribution in [-0.4, -0.2) is 43.5 Å². The van der Waals surface area contributed by atoms with Crippen molar-refractivity contribution >= 4 is 15.9 Å². The van der Waals surface area contributed by atoms with Gasteiger partial charge in [-0.25, -0.2) is 12.7 Å². The summed E-state index contributed by atoms with van der Waals surface area (Å²) >= 11 is 0. The molecule has 1 heterocycles. The van der Waals surface area contributed by atoms with E-state index in [1.165, 1.54) is 4.31 Å². The first-order chi connectivity index (χ1) is 8.53. The normalized spacial score (nSPS) is 22.9. The number of carbonyl (C=O) groups excluding carboxylic acids is 1. The van der Waals surface area contributed by atoms with Crippen LogP contribution in [0.5, 0.6) is 0 Å². The van der Waals surface area contributed by atoms with Crippen molar-refractivity contribution in [2.45, 2.75) is 45.1 Å². The van der Waals surface area contributed by atoms with Crippen molar-refractivity contribution in [2.24, 2.45) is 5.92 Å². The van der Waals surface area contributed by atoms with Crippen molar-refractivity contribution in [2.75, 3.05) is 18.8 Å². The molecule has 1 amide bonds. The van der Waals surface area contributed by atoms with Gasteiger partial charge in [0.1, 0.15) is 0 Å². The molecule has 0 radical (unpaired) electrons. The lowest BCUT2D eigenvalue weighted by Gasteiger charge is -2.30. The Morgan fingerprint density at radius 2 is 1.83 bits per heavy atom. The van der Waals surface area contributed by atoms with E-state index in [9.17, 15) is 13.2 Å². The van der Waals surface area contributed by atoms with Crippen molar-refractivity contribution in [3.8, 4) is 0 Å². The molecule has 1 N–H and O–H groups in total. The number of hydrogen-bond donors (Lipinski definition) is 1. The molecule has 0 aromatic carbocycles. The molecule has 2 rings (SSSR count). The van der Waals surface area contributed by atoms with Gasteiger partial charge in [0.2, 0.25) is 15.9 Å². The van der Waals surface area contributed by atoms with Crippen LogP contribution >= 0.6 is 0 Å². The zero-order chi connectivity index (χ0) is 13.2. The van der Waals surface area contributed by atoms with E-state index >= 15 is 0 Å². The second-order valence-corrected chi connectivity index (χ2v) is 7.36. The first-order valence-corrected chi connectivity index (χ1v) is 8.42. The maximum atomic E-state index is 11.9. The Labute approximate surface area is 109 Å². The van der Waals surface area contributed by atoms with Gasteiger partial charge in [-0.1, -0.05) is 6.92 Å². The average molecular weight is 274 g/mol. The summed E-state index contributed by atoms with van der Waals surface area (Å²) in [7, 11) is -3.09. The topological polar surface area (TPSA) is 66.5 Å². The first-order valence-electron chi connectivity index (χ1n) is 6.81. The Balaban J connectivity index is 1.81. The molecule has 2 aliphatic rings. The highest BCUT2D eigenvalue weighted by Gasteiger charge is 2.32. The van der Waals surface area contributed by atoms with Gasteiger partial charge in [0, 0.05) is 25.0 Å². The third-order valence-electron chi connectivity index (χ3n) is 3.60. The van der Waals surface area contributed by atoms with Crippen molar-refractivity contribution < 1.29 is 13.2 Å². The van der Waals surface area contributed by atoms with Crippen molar-refractivity contribution in [3.63, 3.8) is 0 Å². The van der Waals surface area contributed by atoms with E-state index in [1.54, 1.807) is 0 Å². The van der Waals surface area contributed by atoms with Crippen LogP contribution in [0.4, 0.5) is 0 Å². The van der Waals surface area contributed by atoms with E-state index in [0.717, 1.165) is 12.8 Å². The molecule has 0 unspecified atom stereocenters. The van der Waals surface area contributed by atoms with Crippen LogP contribution in [0.15, 0.2) is 0 Å². The van der Waals surface area contributed by atoms with Gasteiger partial charge in [-0.15, -0.1) is 0 Å². The maximum absolute atomic E-state index is 11.9. The van der Waals surface area contributed by atoms with Crippen molar-refractivity contribution in [1.82, 2.24) is 9.62 Å². The molecule has 6 heteroatoms. The van der Waals surface area contributed by atoms with Crippen LogP contribution in [0.3, 0.4) is 0 Å². The standard InChI is InChI=1S/C12H22N2O3S/c1-2-9-18(16,17)14-7-5-10(6-8-14)12(15)13-11-3-4-11/h10-11H,2-9H2,1H3,(H,13,15). The number of nitrogens with one attached hydrogen (secondary N) is 1. The number of hydrogen-bond acceptors (Lipinski definition) is 3. The van der Waals surface area contributed by atoms with Crippen LogP contribution in [0.2, 0.25) is 0 Å². The number of nitrogens with zero attached hydrogens (tertiary/aromatic N) is 1. The molecule has 0 bridgehead atoms. The Kier molecular flexibility index (Phi) is 4.27. The molecule has 104 valence electrons. The molecule has 5 nitrogen and oxygen atoms in total. The molecule has 1 aliphatic carbocycles. The second-order valence-electron chi connectivity index (χ2n) is 5.27. The zero-order valence-electron chi connectivity index (χ0n) is 10.9. The number of amides is 1. The molecule has 1 saturated heterocycles. The lowest BCUT2D eigenvalue weighted by atomic mass is 9.97. The van der Waals surface area contributed by atoms with Crippen LogP contribution in [-0.2, 0) is 14.8 Å². The maximum Gasteiger partial charge on any atom is 0.223 e. The lowest BCUT2D eigenvalue weighted by molar-refractivity contribution is -0.126. The third-order valence-corrected chi connectivity index (χ3v) is 5.68. The van der Waals surface area contributed by atoms with Crippen LogP contribution in [0.25, 0.3) is 0 Å². The highest BCUT2D eigenvalue weighted by Crippen LogP contribution is 2.23. The van der Waals surface area contributed by atoms with Crippen molar-refractivity contribution in [3.05, 3.63) is 0 Å². The lowest BCUT2D eigenvalue weighted by Crippen LogP contribution is -2.44. The fourth-order valence-corrected chi connectivity index (χ4v) is 3.87. The Morgan fingerprint density at radius 1 is 1.22 bits per heavy atom. The average Bonchev–Trinajstić information content (AvgIpc) is 3.13. The molecule has 0 spiro atoms. The van der Waals surface area contributed by atoms with Gasteiger partial charge >= 0.3 is 0 Å². The molecule has 18 heavy (non-hydrogen) atoms. The van der Waals surface area contributed by atoms with Gasteiger partial charge in [0.25, 0.3) is 0 Å². The molecule has 1 saturated carbocycles. The minimum absolute atomic E-state index is 0.00123. The highest BCUT2D eigenvalue weighted by atomic mass is 32.2. The summed E-state index contributed by atoms with van der Waals surface area (Å²) < 4.78 is 25.3. The summed E-state index contributed by atoms with van der Waals surface area (Å²) in [6.07, 6.45) is 4.14. The number of carbonyl (C=O) groups is 1. The van der Waals surface area contributed by atoms with Crippen molar-refractivity contribution in [1.29, 1.82) is 0 Å². The van der Waals surface area contributed by atoms with E-state index < -0.39 is 10.0 Å². The largest absolute Gasteiger partial charge is 0.353 e. The monoisotopic (exact) mass is 274 g/mol.